The number of aryl methyl sites for hydroxylation is 2. The van der Waals surface area contributed by atoms with Gasteiger partial charge in [0, 0.05) is 37.6 Å². The molecule has 57 heavy (non-hydrogen) atoms. The van der Waals surface area contributed by atoms with Crippen molar-refractivity contribution >= 4 is 78.0 Å². The van der Waals surface area contributed by atoms with Gasteiger partial charge in [-0.2, -0.15) is 0 Å². The van der Waals surface area contributed by atoms with Gasteiger partial charge >= 0.3 is 0 Å². The first-order chi connectivity index (χ1) is 27.3. The lowest BCUT2D eigenvalue weighted by molar-refractivity contribution is 0.0899. The second kappa shape index (κ2) is 12.4. The van der Waals surface area contributed by atoms with E-state index in [4.69, 9.17) is 0 Å². The van der Waals surface area contributed by atoms with E-state index in [0.29, 0.717) is 0 Å². The lowest BCUT2D eigenvalue weighted by Gasteiger charge is -2.48. The fraction of sp³-hybridized carbons (Fsp3) is 0.396. The normalized spacial score (nSPS) is 25.1. The highest BCUT2D eigenvalue weighted by Crippen LogP contribution is 2.55. The van der Waals surface area contributed by atoms with Gasteiger partial charge in [0.2, 0.25) is 0 Å². The number of para-hydroxylation sites is 2. The summed E-state index contributed by atoms with van der Waals surface area (Å²) in [4.78, 5) is 5.31. The smallest absolute Gasteiger partial charge is 0.264 e. The first-order valence-electron chi connectivity index (χ1n) is 21.9. The molecular weight excluding hydrogens is 707 g/mol. The third-order valence-corrected chi connectivity index (χ3v) is 16.8. The van der Waals surface area contributed by atoms with E-state index >= 15 is 0 Å². The third-order valence-electron chi connectivity index (χ3n) is 15.5. The van der Waals surface area contributed by atoms with Crippen molar-refractivity contribution in [2.75, 3.05) is 9.80 Å². The Morgan fingerprint density at radius 2 is 1.26 bits per heavy atom. The van der Waals surface area contributed by atoms with Gasteiger partial charge in [0.1, 0.15) is 0 Å². The molecule has 5 aliphatic rings. The van der Waals surface area contributed by atoms with E-state index in [1.807, 2.05) is 0 Å². The Kier molecular flexibility index (Phi) is 7.78. The number of rotatable bonds is 3. The molecule has 0 N–H and O–H groups in total. The highest BCUT2D eigenvalue weighted by Gasteiger charge is 2.48. The standard InChI is InChI=1S/C53H57BN2S/c1-32-24-35-26-36(25-32)31-53(8,30-35)37-20-21-46-39(27-37)49-50(57-46)54-42-28-40-41(52(6,7)23-22-51(40,4)5)29-45(42)56(48-33(2)14-12-15-34(48)3)44-19-13-18-43(47(44)54)55(49)38-16-10-9-11-17-38/h9-21,27-29,32,35-36H,22-26,30-31H2,1-8H3/t32-,35+,36-,53-. The van der Waals surface area contributed by atoms with Crippen LogP contribution in [0.5, 0.6) is 0 Å². The Bertz CT molecular complexity index is 2580. The van der Waals surface area contributed by atoms with Gasteiger partial charge in [-0.3, -0.25) is 0 Å². The second-order valence-electron chi connectivity index (χ2n) is 20.7. The van der Waals surface area contributed by atoms with Crippen molar-refractivity contribution in [1.29, 1.82) is 0 Å². The van der Waals surface area contributed by atoms with Crippen LogP contribution in [0.25, 0.3) is 10.1 Å². The molecule has 0 radical (unpaired) electrons. The predicted molar refractivity (Wildman–Crippen MR) is 247 cm³/mol. The number of anilines is 6. The number of nitrogens with zero attached hydrogens (tertiary/aromatic N) is 2. The summed E-state index contributed by atoms with van der Waals surface area (Å²) < 4.78 is 2.89. The van der Waals surface area contributed by atoms with Gasteiger partial charge in [0.05, 0.1) is 11.4 Å². The topological polar surface area (TPSA) is 6.48 Å². The summed E-state index contributed by atoms with van der Waals surface area (Å²) in [5.74, 6) is 2.59. The summed E-state index contributed by atoms with van der Waals surface area (Å²) in [5, 5.41) is 1.43. The van der Waals surface area contributed by atoms with E-state index in [9.17, 15) is 0 Å². The molecule has 0 unspecified atom stereocenters. The van der Waals surface area contributed by atoms with E-state index in [1.165, 1.54) is 122 Å². The maximum absolute atomic E-state index is 2.69. The lowest BCUT2D eigenvalue weighted by Crippen LogP contribution is -2.61. The van der Waals surface area contributed by atoms with Crippen LogP contribution in [0.4, 0.5) is 34.1 Å². The fourth-order valence-electron chi connectivity index (χ4n) is 12.9. The van der Waals surface area contributed by atoms with Crippen molar-refractivity contribution < 1.29 is 0 Å². The molecule has 6 aromatic rings. The van der Waals surface area contributed by atoms with Crippen molar-refractivity contribution in [1.82, 2.24) is 0 Å². The molecule has 3 aliphatic carbocycles. The Hall–Kier alpha value is -4.28. The van der Waals surface area contributed by atoms with Crippen molar-refractivity contribution in [3.63, 3.8) is 0 Å². The zero-order valence-corrected chi connectivity index (χ0v) is 36.1. The van der Waals surface area contributed by atoms with Crippen molar-refractivity contribution in [3.8, 4) is 0 Å². The average molecular weight is 765 g/mol. The molecular formula is C53H57BN2S. The molecule has 1 aromatic heterocycles. The monoisotopic (exact) mass is 764 g/mol. The molecule has 2 nitrogen and oxygen atoms in total. The molecule has 4 atom stereocenters. The Morgan fingerprint density at radius 1 is 0.632 bits per heavy atom. The van der Waals surface area contributed by atoms with Crippen molar-refractivity contribution in [3.05, 3.63) is 125 Å². The SMILES string of the molecule is Cc1cccc(C)c1N1c2cc3c(cc2B2c4sc5ccc([C@@]6(C)C[C@@H]7C[C@H](C)C[C@@H](C7)C6)cc5c4N(c4ccccc4)c4cccc1c42)C(C)(C)CCC3(C)C. The van der Waals surface area contributed by atoms with E-state index in [1.54, 1.807) is 11.1 Å². The maximum Gasteiger partial charge on any atom is 0.264 e. The van der Waals surface area contributed by atoms with Gasteiger partial charge in [-0.1, -0.05) is 96.1 Å². The molecule has 0 saturated heterocycles. The van der Waals surface area contributed by atoms with Gasteiger partial charge in [-0.15, -0.1) is 11.3 Å². The van der Waals surface area contributed by atoms with E-state index in [-0.39, 0.29) is 23.0 Å². The molecule has 0 amide bonds. The van der Waals surface area contributed by atoms with Gasteiger partial charge in [0.25, 0.3) is 6.71 Å². The van der Waals surface area contributed by atoms with Crippen LogP contribution in [-0.2, 0) is 16.2 Å². The van der Waals surface area contributed by atoms with Crippen LogP contribution in [0.3, 0.4) is 0 Å². The minimum absolute atomic E-state index is 0.107. The summed E-state index contributed by atoms with van der Waals surface area (Å²) in [6.45, 7) is 19.8. The van der Waals surface area contributed by atoms with Gasteiger partial charge in [-0.05, 0) is 174 Å². The molecule has 2 bridgehead atoms. The van der Waals surface area contributed by atoms with Crippen LogP contribution >= 0.6 is 11.3 Å². The van der Waals surface area contributed by atoms with E-state index in [0.717, 1.165) is 17.8 Å². The molecule has 2 fully saturated rings. The number of benzene rings is 5. The van der Waals surface area contributed by atoms with Crippen molar-refractivity contribution in [2.45, 2.75) is 117 Å². The van der Waals surface area contributed by atoms with Crippen LogP contribution in [0.15, 0.2) is 97.1 Å². The van der Waals surface area contributed by atoms with Crippen LogP contribution < -0.4 is 25.5 Å². The number of thiophene rings is 1. The maximum atomic E-state index is 2.69. The van der Waals surface area contributed by atoms with Crippen LogP contribution in [0.2, 0.25) is 0 Å². The number of hydrogen-bond donors (Lipinski definition) is 0. The van der Waals surface area contributed by atoms with Gasteiger partial charge in [-0.25, -0.2) is 0 Å². The quantitative estimate of drug-likeness (QED) is 0.165. The molecule has 0 spiro atoms. The zero-order chi connectivity index (χ0) is 39.2. The largest absolute Gasteiger partial charge is 0.311 e. The van der Waals surface area contributed by atoms with E-state index in [2.05, 4.69) is 174 Å². The highest BCUT2D eigenvalue weighted by molar-refractivity contribution is 7.33. The second-order valence-corrected chi connectivity index (χ2v) is 21.7. The Balaban J connectivity index is 1.21. The Labute approximate surface area is 345 Å². The summed E-state index contributed by atoms with van der Waals surface area (Å²) in [5.41, 5.74) is 18.5. The first-order valence-corrected chi connectivity index (χ1v) is 22.7. The fourth-order valence-corrected chi connectivity index (χ4v) is 14.2. The van der Waals surface area contributed by atoms with Crippen molar-refractivity contribution in [2.24, 2.45) is 17.8 Å². The van der Waals surface area contributed by atoms with Crippen LogP contribution in [0.1, 0.15) is 114 Å². The van der Waals surface area contributed by atoms with Gasteiger partial charge < -0.3 is 9.80 Å². The molecule has 11 rings (SSSR count). The molecule has 2 aliphatic heterocycles. The summed E-state index contributed by atoms with van der Waals surface area (Å²) in [7, 11) is 0. The van der Waals surface area contributed by atoms with Crippen LogP contribution in [0, 0.1) is 31.6 Å². The average Bonchev–Trinajstić information content (AvgIpc) is 3.55. The number of hydrogen-bond acceptors (Lipinski definition) is 3. The van der Waals surface area contributed by atoms with Gasteiger partial charge in [0.15, 0.2) is 0 Å². The minimum atomic E-state index is 0.107. The molecule has 3 heterocycles. The Morgan fingerprint density at radius 3 is 1.95 bits per heavy atom. The highest BCUT2D eigenvalue weighted by atomic mass is 32.1. The summed E-state index contributed by atoms with van der Waals surface area (Å²) >= 11 is 2.05. The third kappa shape index (κ3) is 5.27. The van der Waals surface area contributed by atoms with Crippen LogP contribution in [-0.4, -0.2) is 6.71 Å². The predicted octanol–water partition coefficient (Wildman–Crippen LogP) is 13.1. The minimum Gasteiger partial charge on any atom is -0.311 e. The number of fused-ring (bicyclic) bond motifs is 9. The molecule has 2 saturated carbocycles. The molecule has 4 heteroatoms. The lowest BCUT2D eigenvalue weighted by atomic mass is 9.35. The molecule has 5 aromatic carbocycles. The first kappa shape index (κ1) is 35.9. The molecule has 288 valence electrons. The van der Waals surface area contributed by atoms with E-state index < -0.39 is 0 Å². The zero-order valence-electron chi connectivity index (χ0n) is 35.3. The summed E-state index contributed by atoms with van der Waals surface area (Å²) in [6, 6.07) is 38.2. The summed E-state index contributed by atoms with van der Waals surface area (Å²) in [6.07, 6.45) is 9.30.